The molecule has 0 atom stereocenters. The molecule has 0 aliphatic carbocycles. The van der Waals surface area contributed by atoms with Crippen LogP contribution in [0.1, 0.15) is 41.5 Å². The van der Waals surface area contributed by atoms with Crippen LogP contribution in [0.5, 0.6) is 11.5 Å². The highest BCUT2D eigenvalue weighted by Crippen LogP contribution is 2.37. The van der Waals surface area contributed by atoms with Gasteiger partial charge in [-0.3, -0.25) is 4.79 Å². The molecule has 1 aliphatic heterocycles. The normalized spacial score (nSPS) is 18.3. The number of benzene rings is 1. The standard InChI is InChI=1S/C18H28BNO5/c1-12(2)20-16(21)11-23-13-8-9-14(15(10-13)22-7)19-24-17(3,4)18(5,6)25-19/h8-10,12H,11H2,1-7H3,(H,20,21). The molecule has 2 rings (SSSR count). The van der Waals surface area contributed by atoms with E-state index in [0.717, 1.165) is 5.46 Å². The molecule has 0 radical (unpaired) electrons. The Labute approximate surface area is 150 Å². The second-order valence-corrected chi connectivity index (χ2v) is 7.50. The van der Waals surface area contributed by atoms with E-state index in [4.69, 9.17) is 18.8 Å². The largest absolute Gasteiger partial charge is 0.498 e. The van der Waals surface area contributed by atoms with E-state index in [0.29, 0.717) is 11.5 Å². The van der Waals surface area contributed by atoms with E-state index < -0.39 is 18.3 Å². The van der Waals surface area contributed by atoms with Crippen molar-refractivity contribution in [2.45, 2.75) is 58.8 Å². The topological polar surface area (TPSA) is 66.0 Å². The summed E-state index contributed by atoms with van der Waals surface area (Å²) in [5, 5.41) is 2.78. The molecule has 1 aliphatic rings. The molecule has 7 heteroatoms. The smallest absolute Gasteiger partial charge is 0.497 e. The van der Waals surface area contributed by atoms with Gasteiger partial charge in [-0.15, -0.1) is 0 Å². The van der Waals surface area contributed by atoms with Crippen molar-refractivity contribution < 1.29 is 23.6 Å². The van der Waals surface area contributed by atoms with Crippen molar-refractivity contribution in [1.82, 2.24) is 5.32 Å². The van der Waals surface area contributed by atoms with Crippen molar-refractivity contribution in [3.8, 4) is 11.5 Å². The summed E-state index contributed by atoms with van der Waals surface area (Å²) in [6.07, 6.45) is 0. The molecule has 0 spiro atoms. The zero-order chi connectivity index (χ0) is 18.8. The van der Waals surface area contributed by atoms with Gasteiger partial charge in [0.05, 0.1) is 18.3 Å². The fourth-order valence-corrected chi connectivity index (χ4v) is 2.46. The summed E-state index contributed by atoms with van der Waals surface area (Å²) in [5.41, 5.74) is -0.0559. The molecule has 0 bridgehead atoms. The average Bonchev–Trinajstić information content (AvgIpc) is 2.72. The Kier molecular flexibility index (Phi) is 5.69. The molecule has 0 saturated carbocycles. The second kappa shape index (κ2) is 7.26. The van der Waals surface area contributed by atoms with Gasteiger partial charge in [0.15, 0.2) is 6.61 Å². The van der Waals surface area contributed by atoms with Crippen LogP contribution in [0.3, 0.4) is 0 Å². The minimum absolute atomic E-state index is 0.0445. The molecule has 138 valence electrons. The molecule has 1 aromatic carbocycles. The molecule has 6 nitrogen and oxygen atoms in total. The lowest BCUT2D eigenvalue weighted by molar-refractivity contribution is -0.123. The van der Waals surface area contributed by atoms with Gasteiger partial charge in [-0.05, 0) is 47.6 Å². The van der Waals surface area contributed by atoms with Crippen LogP contribution in [0, 0.1) is 0 Å². The summed E-state index contributed by atoms with van der Waals surface area (Å²) in [6, 6.07) is 5.45. The summed E-state index contributed by atoms with van der Waals surface area (Å²) in [5.74, 6) is 0.986. The highest BCUT2D eigenvalue weighted by Gasteiger charge is 2.52. The third kappa shape index (κ3) is 4.47. The fourth-order valence-electron chi connectivity index (χ4n) is 2.46. The van der Waals surface area contributed by atoms with Gasteiger partial charge in [0.2, 0.25) is 0 Å². The maximum Gasteiger partial charge on any atom is 0.498 e. The van der Waals surface area contributed by atoms with Crippen LogP contribution in [0.15, 0.2) is 18.2 Å². The molecule has 0 unspecified atom stereocenters. The van der Waals surface area contributed by atoms with Gasteiger partial charge in [0, 0.05) is 17.6 Å². The van der Waals surface area contributed by atoms with Gasteiger partial charge in [0.1, 0.15) is 11.5 Å². The number of rotatable bonds is 6. The third-order valence-corrected chi connectivity index (χ3v) is 4.53. The molecule has 0 aromatic heterocycles. The Bertz CT molecular complexity index is 614. The Morgan fingerprint density at radius 3 is 2.32 bits per heavy atom. The van der Waals surface area contributed by atoms with Gasteiger partial charge in [-0.1, -0.05) is 6.07 Å². The van der Waals surface area contributed by atoms with Gasteiger partial charge in [-0.25, -0.2) is 0 Å². The molecule has 1 heterocycles. The summed E-state index contributed by atoms with van der Waals surface area (Å²) in [7, 11) is 1.07. The molecular weight excluding hydrogens is 321 g/mol. The van der Waals surface area contributed by atoms with E-state index in [2.05, 4.69) is 5.32 Å². The quantitative estimate of drug-likeness (QED) is 0.795. The number of ether oxygens (including phenoxy) is 2. The fraction of sp³-hybridized carbons (Fsp3) is 0.611. The minimum atomic E-state index is -0.516. The van der Waals surface area contributed by atoms with Gasteiger partial charge >= 0.3 is 7.12 Å². The average molecular weight is 349 g/mol. The Hall–Kier alpha value is -1.73. The predicted molar refractivity (Wildman–Crippen MR) is 97.5 cm³/mol. The van der Waals surface area contributed by atoms with E-state index in [9.17, 15) is 4.79 Å². The molecule has 1 amide bonds. The zero-order valence-electron chi connectivity index (χ0n) is 16.1. The van der Waals surface area contributed by atoms with Crippen molar-refractivity contribution in [2.75, 3.05) is 13.7 Å². The predicted octanol–water partition coefficient (Wildman–Crippen LogP) is 1.90. The van der Waals surface area contributed by atoms with Crippen molar-refractivity contribution in [3.05, 3.63) is 18.2 Å². The Morgan fingerprint density at radius 1 is 1.20 bits per heavy atom. The highest BCUT2D eigenvalue weighted by molar-refractivity contribution is 6.63. The first-order valence-corrected chi connectivity index (χ1v) is 8.51. The third-order valence-electron chi connectivity index (χ3n) is 4.53. The Morgan fingerprint density at radius 2 is 1.80 bits per heavy atom. The van der Waals surface area contributed by atoms with Gasteiger partial charge in [-0.2, -0.15) is 0 Å². The molecule has 1 N–H and O–H groups in total. The van der Waals surface area contributed by atoms with Crippen molar-refractivity contribution in [2.24, 2.45) is 0 Å². The summed E-state index contributed by atoms with van der Waals surface area (Å²) in [6.45, 7) is 11.8. The number of carbonyl (C=O) groups is 1. The lowest BCUT2D eigenvalue weighted by Gasteiger charge is -2.32. The van der Waals surface area contributed by atoms with Gasteiger partial charge in [0.25, 0.3) is 5.91 Å². The first-order valence-electron chi connectivity index (χ1n) is 8.51. The van der Waals surface area contributed by atoms with E-state index in [1.54, 1.807) is 19.2 Å². The van der Waals surface area contributed by atoms with Crippen LogP contribution in [-0.2, 0) is 14.1 Å². The van der Waals surface area contributed by atoms with Crippen molar-refractivity contribution in [1.29, 1.82) is 0 Å². The van der Waals surface area contributed by atoms with E-state index in [1.807, 2.05) is 47.6 Å². The first kappa shape index (κ1) is 19.6. The Balaban J connectivity index is 2.11. The van der Waals surface area contributed by atoms with Crippen LogP contribution in [0.25, 0.3) is 0 Å². The maximum absolute atomic E-state index is 11.7. The zero-order valence-corrected chi connectivity index (χ0v) is 16.1. The minimum Gasteiger partial charge on any atom is -0.497 e. The number of amides is 1. The molecule has 1 aromatic rings. The second-order valence-electron chi connectivity index (χ2n) is 7.50. The lowest BCUT2D eigenvalue weighted by Crippen LogP contribution is -2.41. The number of nitrogens with one attached hydrogen (secondary N) is 1. The van der Waals surface area contributed by atoms with Crippen molar-refractivity contribution in [3.63, 3.8) is 0 Å². The molecule has 25 heavy (non-hydrogen) atoms. The molecular formula is C18H28BNO5. The molecule has 1 fully saturated rings. The summed E-state index contributed by atoms with van der Waals surface area (Å²) in [4.78, 5) is 11.7. The number of hydrogen-bond donors (Lipinski definition) is 1. The van der Waals surface area contributed by atoms with Gasteiger partial charge < -0.3 is 24.1 Å². The van der Waals surface area contributed by atoms with Crippen LogP contribution in [-0.4, -0.2) is 44.0 Å². The van der Waals surface area contributed by atoms with Crippen LogP contribution < -0.4 is 20.3 Å². The van der Waals surface area contributed by atoms with E-state index in [1.165, 1.54) is 0 Å². The first-order chi connectivity index (χ1) is 11.6. The number of methoxy groups -OCH3 is 1. The number of hydrogen-bond acceptors (Lipinski definition) is 5. The van der Waals surface area contributed by atoms with E-state index in [-0.39, 0.29) is 18.6 Å². The van der Waals surface area contributed by atoms with E-state index >= 15 is 0 Å². The summed E-state index contributed by atoms with van der Waals surface area (Å²) < 4.78 is 23.1. The summed E-state index contributed by atoms with van der Waals surface area (Å²) >= 11 is 0. The molecule has 1 saturated heterocycles. The lowest BCUT2D eigenvalue weighted by atomic mass is 9.78. The van der Waals surface area contributed by atoms with Crippen molar-refractivity contribution >= 4 is 18.5 Å². The maximum atomic E-state index is 11.7. The van der Waals surface area contributed by atoms with Crippen LogP contribution in [0.4, 0.5) is 0 Å². The SMILES string of the molecule is COc1cc(OCC(=O)NC(C)C)ccc1B1OC(C)(C)C(C)(C)O1. The van der Waals surface area contributed by atoms with Crippen LogP contribution >= 0.6 is 0 Å². The van der Waals surface area contributed by atoms with Crippen LogP contribution in [0.2, 0.25) is 0 Å². The highest BCUT2D eigenvalue weighted by atomic mass is 16.7. The number of carbonyl (C=O) groups excluding carboxylic acids is 1. The monoisotopic (exact) mass is 349 g/mol.